The molecule has 1 aromatic rings. The molecule has 0 bridgehead atoms. The normalized spacial score (nSPS) is 11.6. The van der Waals surface area contributed by atoms with Crippen LogP contribution >= 0.6 is 0 Å². The van der Waals surface area contributed by atoms with E-state index in [0.717, 1.165) is 12.0 Å². The highest BCUT2D eigenvalue weighted by molar-refractivity contribution is 5.80. The van der Waals surface area contributed by atoms with Crippen LogP contribution in [0, 0.1) is 5.92 Å². The average Bonchev–Trinajstić information content (AvgIpc) is 2.19. The summed E-state index contributed by atoms with van der Waals surface area (Å²) in [5.41, 5.74) is -0.0155. The van der Waals surface area contributed by atoms with Gasteiger partial charge in [-0.15, -0.1) is 0 Å². The lowest BCUT2D eigenvalue weighted by atomic mass is 10.1. The summed E-state index contributed by atoms with van der Waals surface area (Å²) in [6.07, 6.45) is 4.38. The highest BCUT2D eigenvalue weighted by atomic mass is 16.4. The van der Waals surface area contributed by atoms with E-state index in [1.807, 2.05) is 0 Å². The van der Waals surface area contributed by atoms with Crippen LogP contribution in [0.15, 0.2) is 12.4 Å². The molecule has 0 radical (unpaired) electrons. The van der Waals surface area contributed by atoms with Crippen molar-refractivity contribution in [2.45, 2.75) is 39.7 Å². The maximum atomic E-state index is 10.9. The maximum Gasteiger partial charge on any atom is 0.328 e. The topological polar surface area (TPSA) is 75.1 Å². The van der Waals surface area contributed by atoms with Gasteiger partial charge in [0.05, 0.1) is 0 Å². The summed E-state index contributed by atoms with van der Waals surface area (Å²) in [5, 5.41) is 11.7. The maximum absolute atomic E-state index is 10.9. The van der Waals surface area contributed by atoms with Gasteiger partial charge < -0.3 is 10.4 Å². The van der Waals surface area contributed by atoms with Gasteiger partial charge in [-0.1, -0.05) is 13.8 Å². The number of nitrogens with zero attached hydrogens (tertiary/aromatic N) is 2. The molecule has 0 unspecified atom stereocenters. The Morgan fingerprint density at radius 2 is 1.94 bits per heavy atom. The van der Waals surface area contributed by atoms with Crippen LogP contribution in [0.4, 0.5) is 5.95 Å². The van der Waals surface area contributed by atoms with Gasteiger partial charge in [-0.25, -0.2) is 14.8 Å². The van der Waals surface area contributed by atoms with E-state index in [4.69, 9.17) is 5.11 Å². The fraction of sp³-hybridized carbons (Fsp3) is 0.583. The number of hydrogen-bond acceptors (Lipinski definition) is 4. The number of nitrogens with one attached hydrogen (secondary N) is 1. The van der Waals surface area contributed by atoms with Gasteiger partial charge >= 0.3 is 5.97 Å². The summed E-state index contributed by atoms with van der Waals surface area (Å²) in [5.74, 6) is -0.0508. The molecule has 1 rings (SSSR count). The van der Waals surface area contributed by atoms with Crippen LogP contribution in [0.1, 0.15) is 33.3 Å². The zero-order valence-corrected chi connectivity index (χ0v) is 10.7. The van der Waals surface area contributed by atoms with Crippen molar-refractivity contribution >= 4 is 11.9 Å². The largest absolute Gasteiger partial charge is 0.480 e. The van der Waals surface area contributed by atoms with Gasteiger partial charge in [-0.2, -0.15) is 0 Å². The lowest BCUT2D eigenvalue weighted by Crippen LogP contribution is -2.40. The van der Waals surface area contributed by atoms with Crippen molar-refractivity contribution in [3.05, 3.63) is 18.0 Å². The fourth-order valence-corrected chi connectivity index (χ4v) is 1.33. The molecule has 0 spiro atoms. The van der Waals surface area contributed by atoms with Crippen molar-refractivity contribution in [2.75, 3.05) is 5.32 Å². The van der Waals surface area contributed by atoms with Crippen LogP contribution in [-0.4, -0.2) is 26.6 Å². The fourth-order valence-electron chi connectivity index (χ4n) is 1.33. The molecule has 0 saturated heterocycles. The van der Waals surface area contributed by atoms with Gasteiger partial charge in [0.25, 0.3) is 0 Å². The third kappa shape index (κ3) is 4.01. The van der Waals surface area contributed by atoms with E-state index < -0.39 is 11.5 Å². The molecule has 0 saturated carbocycles. The standard InChI is InChI=1S/C12H19N3O2/c1-8(2)5-9-6-13-11(14-7-9)15-12(3,4)10(16)17/h6-8H,5H2,1-4H3,(H,16,17)(H,13,14,15). The molecular weight excluding hydrogens is 218 g/mol. The quantitative estimate of drug-likeness (QED) is 0.818. The summed E-state index contributed by atoms with van der Waals surface area (Å²) < 4.78 is 0. The zero-order valence-electron chi connectivity index (χ0n) is 10.7. The Bertz CT molecular complexity index is 385. The first-order valence-corrected chi connectivity index (χ1v) is 5.64. The molecule has 5 nitrogen and oxygen atoms in total. The van der Waals surface area contributed by atoms with Crippen LogP contribution in [0.25, 0.3) is 0 Å². The number of rotatable bonds is 5. The molecule has 5 heteroatoms. The number of carboxylic acid groups (broad SMARTS) is 1. The van der Waals surface area contributed by atoms with E-state index in [2.05, 4.69) is 29.1 Å². The minimum Gasteiger partial charge on any atom is -0.480 e. The Hall–Kier alpha value is -1.65. The predicted molar refractivity (Wildman–Crippen MR) is 65.9 cm³/mol. The van der Waals surface area contributed by atoms with Gasteiger partial charge in [-0.05, 0) is 31.7 Å². The van der Waals surface area contributed by atoms with Crippen molar-refractivity contribution in [3.8, 4) is 0 Å². The van der Waals surface area contributed by atoms with Crippen LogP contribution < -0.4 is 5.32 Å². The number of anilines is 1. The summed E-state index contributed by atoms with van der Waals surface area (Å²) in [6.45, 7) is 7.39. The summed E-state index contributed by atoms with van der Waals surface area (Å²) in [7, 11) is 0. The van der Waals surface area contributed by atoms with Crippen LogP contribution in [0.2, 0.25) is 0 Å². The van der Waals surface area contributed by atoms with Crippen molar-refractivity contribution in [3.63, 3.8) is 0 Å². The molecule has 1 aromatic heterocycles. The molecule has 2 N–H and O–H groups in total. The molecule has 94 valence electrons. The lowest BCUT2D eigenvalue weighted by Gasteiger charge is -2.20. The lowest BCUT2D eigenvalue weighted by molar-refractivity contribution is -0.141. The van der Waals surface area contributed by atoms with Crippen molar-refractivity contribution in [2.24, 2.45) is 5.92 Å². The van der Waals surface area contributed by atoms with E-state index in [9.17, 15) is 4.79 Å². The van der Waals surface area contributed by atoms with Crippen LogP contribution in [0.3, 0.4) is 0 Å². The highest BCUT2D eigenvalue weighted by Crippen LogP contribution is 2.12. The van der Waals surface area contributed by atoms with E-state index in [1.54, 1.807) is 26.2 Å². The third-order valence-electron chi connectivity index (χ3n) is 2.31. The smallest absolute Gasteiger partial charge is 0.328 e. The summed E-state index contributed by atoms with van der Waals surface area (Å²) >= 11 is 0. The number of aliphatic carboxylic acids is 1. The Morgan fingerprint density at radius 3 is 2.35 bits per heavy atom. The van der Waals surface area contributed by atoms with Gasteiger partial charge in [0, 0.05) is 12.4 Å². The number of hydrogen-bond donors (Lipinski definition) is 2. The summed E-state index contributed by atoms with van der Waals surface area (Å²) in [6, 6.07) is 0. The van der Waals surface area contributed by atoms with Crippen molar-refractivity contribution in [1.29, 1.82) is 0 Å². The second-order valence-electron chi connectivity index (χ2n) is 5.07. The molecule has 0 atom stereocenters. The molecule has 0 aliphatic rings. The Morgan fingerprint density at radius 1 is 1.41 bits per heavy atom. The first-order valence-electron chi connectivity index (χ1n) is 5.64. The molecule has 0 aromatic carbocycles. The summed E-state index contributed by atoms with van der Waals surface area (Å²) in [4.78, 5) is 19.1. The minimum atomic E-state index is -1.07. The molecular formula is C12H19N3O2. The van der Waals surface area contributed by atoms with E-state index >= 15 is 0 Å². The molecule has 1 heterocycles. The molecule has 0 amide bonds. The van der Waals surface area contributed by atoms with Crippen LogP contribution in [0.5, 0.6) is 0 Å². The Labute approximate surface area is 101 Å². The second kappa shape index (κ2) is 5.12. The third-order valence-corrected chi connectivity index (χ3v) is 2.31. The SMILES string of the molecule is CC(C)Cc1cnc(NC(C)(C)C(=O)O)nc1. The highest BCUT2D eigenvalue weighted by Gasteiger charge is 2.27. The van der Waals surface area contributed by atoms with Gasteiger partial charge in [0.15, 0.2) is 0 Å². The zero-order chi connectivity index (χ0) is 13.1. The van der Waals surface area contributed by atoms with Gasteiger partial charge in [-0.3, -0.25) is 0 Å². The number of aromatic nitrogens is 2. The predicted octanol–water partition coefficient (Wildman–Crippen LogP) is 1.95. The first kappa shape index (κ1) is 13.4. The second-order valence-corrected chi connectivity index (χ2v) is 5.07. The first-order chi connectivity index (χ1) is 7.81. The molecule has 0 aliphatic heterocycles. The molecule has 0 aliphatic carbocycles. The molecule has 17 heavy (non-hydrogen) atoms. The Kier molecular flexibility index (Phi) is 4.04. The van der Waals surface area contributed by atoms with Gasteiger partial charge in [0.1, 0.15) is 5.54 Å². The monoisotopic (exact) mass is 237 g/mol. The minimum absolute atomic E-state index is 0.338. The van der Waals surface area contributed by atoms with Crippen molar-refractivity contribution in [1.82, 2.24) is 9.97 Å². The molecule has 0 fully saturated rings. The average molecular weight is 237 g/mol. The van der Waals surface area contributed by atoms with E-state index in [1.165, 1.54) is 0 Å². The van der Waals surface area contributed by atoms with E-state index in [-0.39, 0.29) is 0 Å². The van der Waals surface area contributed by atoms with E-state index in [0.29, 0.717) is 11.9 Å². The number of carboxylic acids is 1. The Balaban J connectivity index is 2.72. The van der Waals surface area contributed by atoms with Crippen LogP contribution in [-0.2, 0) is 11.2 Å². The van der Waals surface area contributed by atoms with Crippen molar-refractivity contribution < 1.29 is 9.90 Å². The van der Waals surface area contributed by atoms with Gasteiger partial charge in [0.2, 0.25) is 5.95 Å². The number of carbonyl (C=O) groups is 1.